The second-order valence-corrected chi connectivity index (χ2v) is 8.11. The highest BCUT2D eigenvalue weighted by atomic mass is 35.5. The molecular weight excluding hydrogens is 394 g/mol. The first kappa shape index (κ1) is 22.5. The molecule has 1 aromatic heterocycles. The largest absolute Gasteiger partial charge is 0.347 e. The molecule has 3 rings (SSSR count). The molecule has 160 valence electrons. The molecule has 1 unspecified atom stereocenters. The lowest BCUT2D eigenvalue weighted by molar-refractivity contribution is 0.125. The summed E-state index contributed by atoms with van der Waals surface area (Å²) in [6.45, 7) is 10.1. The predicted octanol–water partition coefficient (Wildman–Crippen LogP) is 4.56. The minimum atomic E-state index is 0.296. The highest BCUT2D eigenvalue weighted by Gasteiger charge is 2.21. The van der Waals surface area contributed by atoms with E-state index in [1.807, 2.05) is 37.5 Å². The van der Waals surface area contributed by atoms with Crippen LogP contribution in [0.5, 0.6) is 0 Å². The number of halogens is 1. The highest BCUT2D eigenvalue weighted by molar-refractivity contribution is 6.30. The first-order valence-corrected chi connectivity index (χ1v) is 11.0. The molecular formula is C24H32ClN5. The van der Waals surface area contributed by atoms with Crippen LogP contribution >= 0.6 is 11.6 Å². The van der Waals surface area contributed by atoms with Crippen LogP contribution in [-0.2, 0) is 6.54 Å². The molecule has 30 heavy (non-hydrogen) atoms. The lowest BCUT2D eigenvalue weighted by atomic mass is 9.88. The molecule has 1 N–H and O–H groups in total. The molecule has 0 radical (unpaired) electrons. The van der Waals surface area contributed by atoms with Crippen molar-refractivity contribution in [1.82, 2.24) is 19.8 Å². The molecule has 2 aromatic rings. The van der Waals surface area contributed by atoms with Crippen LogP contribution in [0.1, 0.15) is 30.0 Å². The van der Waals surface area contributed by atoms with Gasteiger partial charge in [-0.2, -0.15) is 0 Å². The fraction of sp³-hybridized carbons (Fsp3) is 0.417. The quantitative estimate of drug-likeness (QED) is 0.448. The van der Waals surface area contributed by atoms with Crippen molar-refractivity contribution in [3.8, 4) is 0 Å². The van der Waals surface area contributed by atoms with E-state index in [0.717, 1.165) is 57.1 Å². The molecule has 1 aliphatic heterocycles. The molecule has 1 fully saturated rings. The van der Waals surface area contributed by atoms with Gasteiger partial charge in [0, 0.05) is 74.7 Å². The number of nitrogens with zero attached hydrogens (tertiary/aromatic N) is 4. The van der Waals surface area contributed by atoms with Crippen LogP contribution in [0.25, 0.3) is 0 Å². The zero-order valence-electron chi connectivity index (χ0n) is 17.8. The van der Waals surface area contributed by atoms with Crippen LogP contribution < -0.4 is 0 Å². The van der Waals surface area contributed by atoms with Crippen molar-refractivity contribution in [2.24, 2.45) is 4.99 Å². The van der Waals surface area contributed by atoms with Gasteiger partial charge in [0.1, 0.15) is 0 Å². The number of rotatable bonds is 10. The third-order valence-corrected chi connectivity index (χ3v) is 5.96. The Kier molecular flexibility index (Phi) is 8.87. The number of hydrogen-bond donors (Lipinski definition) is 1. The summed E-state index contributed by atoms with van der Waals surface area (Å²) in [5, 5.41) is 0.771. The molecule has 5 nitrogen and oxygen atoms in total. The topological polar surface area (TPSA) is 47.5 Å². The maximum atomic E-state index is 6.12. The molecule has 2 heterocycles. The van der Waals surface area contributed by atoms with Gasteiger partial charge in [0.25, 0.3) is 0 Å². The predicted molar refractivity (Wildman–Crippen MR) is 126 cm³/mol. The Morgan fingerprint density at radius 1 is 1.23 bits per heavy atom. The van der Waals surface area contributed by atoms with Gasteiger partial charge in [0.05, 0.1) is 6.33 Å². The van der Waals surface area contributed by atoms with Gasteiger partial charge < -0.3 is 9.88 Å². The first-order chi connectivity index (χ1) is 14.7. The molecule has 1 atom stereocenters. The van der Waals surface area contributed by atoms with Crippen LogP contribution in [0.4, 0.5) is 0 Å². The van der Waals surface area contributed by atoms with Gasteiger partial charge in [-0.15, -0.1) is 0 Å². The summed E-state index contributed by atoms with van der Waals surface area (Å²) in [4.78, 5) is 17.0. The van der Waals surface area contributed by atoms with Gasteiger partial charge in [0.15, 0.2) is 0 Å². The van der Waals surface area contributed by atoms with Gasteiger partial charge >= 0.3 is 0 Å². The zero-order valence-corrected chi connectivity index (χ0v) is 18.6. The summed E-state index contributed by atoms with van der Waals surface area (Å²) in [7, 11) is 1.90. The van der Waals surface area contributed by atoms with Crippen molar-refractivity contribution in [2.75, 3.05) is 39.8 Å². The molecule has 0 amide bonds. The van der Waals surface area contributed by atoms with Crippen molar-refractivity contribution in [2.45, 2.75) is 25.3 Å². The summed E-state index contributed by atoms with van der Waals surface area (Å²) in [5.74, 6) is 0.296. The summed E-state index contributed by atoms with van der Waals surface area (Å²) >= 11 is 6.12. The summed E-state index contributed by atoms with van der Waals surface area (Å²) in [6, 6.07) is 8.23. The maximum absolute atomic E-state index is 6.12. The van der Waals surface area contributed by atoms with Crippen molar-refractivity contribution < 1.29 is 0 Å². The SMILES string of the molecule is C=CC=CCC(=NC)C(CCN1CCN(Cc2cnc[nH]2)CC1)c1ccc(Cl)cc1. The fourth-order valence-corrected chi connectivity index (χ4v) is 4.12. The van der Waals surface area contributed by atoms with E-state index >= 15 is 0 Å². The Morgan fingerprint density at radius 2 is 1.97 bits per heavy atom. The van der Waals surface area contributed by atoms with Crippen LogP contribution in [-0.4, -0.2) is 65.3 Å². The second-order valence-electron chi connectivity index (χ2n) is 7.67. The summed E-state index contributed by atoms with van der Waals surface area (Å²) in [6.07, 6.45) is 11.5. The smallest absolute Gasteiger partial charge is 0.0922 e. The lowest BCUT2D eigenvalue weighted by Crippen LogP contribution is -2.46. The minimum absolute atomic E-state index is 0.296. The van der Waals surface area contributed by atoms with Crippen molar-refractivity contribution >= 4 is 17.3 Å². The molecule has 1 aliphatic rings. The number of nitrogens with one attached hydrogen (secondary N) is 1. The van der Waals surface area contributed by atoms with Crippen LogP contribution in [0.3, 0.4) is 0 Å². The van der Waals surface area contributed by atoms with Gasteiger partial charge in [0.2, 0.25) is 0 Å². The Labute approximate surface area is 185 Å². The van der Waals surface area contributed by atoms with E-state index in [-0.39, 0.29) is 0 Å². The maximum Gasteiger partial charge on any atom is 0.0922 e. The normalized spacial score (nSPS) is 17.5. The van der Waals surface area contributed by atoms with Crippen LogP contribution in [0, 0.1) is 0 Å². The van der Waals surface area contributed by atoms with Gasteiger partial charge in [-0.1, -0.05) is 48.5 Å². The van der Waals surface area contributed by atoms with Gasteiger partial charge in [-0.3, -0.25) is 9.89 Å². The zero-order chi connectivity index (χ0) is 21.2. The summed E-state index contributed by atoms with van der Waals surface area (Å²) < 4.78 is 0. The summed E-state index contributed by atoms with van der Waals surface area (Å²) in [5.41, 5.74) is 3.67. The number of hydrogen-bond acceptors (Lipinski definition) is 4. The average Bonchev–Trinajstić information content (AvgIpc) is 3.28. The van der Waals surface area contributed by atoms with Crippen LogP contribution in [0.15, 0.2) is 66.6 Å². The Hall–Kier alpha value is -2.21. The van der Waals surface area contributed by atoms with E-state index in [9.17, 15) is 0 Å². The Balaban J connectivity index is 1.58. The van der Waals surface area contributed by atoms with Crippen LogP contribution in [0.2, 0.25) is 5.02 Å². The molecule has 0 aliphatic carbocycles. The number of aromatic amines is 1. The number of aliphatic imine (C=N–C) groups is 1. The number of imidazole rings is 1. The van der Waals surface area contributed by atoms with Crippen molar-refractivity contribution in [3.05, 3.63) is 77.9 Å². The molecule has 0 bridgehead atoms. The Morgan fingerprint density at radius 3 is 2.60 bits per heavy atom. The minimum Gasteiger partial charge on any atom is -0.347 e. The van der Waals surface area contributed by atoms with E-state index in [1.165, 1.54) is 17.0 Å². The molecule has 0 saturated carbocycles. The molecule has 0 spiro atoms. The monoisotopic (exact) mass is 425 g/mol. The number of aromatic nitrogens is 2. The molecule has 1 aromatic carbocycles. The van der Waals surface area contributed by atoms with Gasteiger partial charge in [-0.25, -0.2) is 4.98 Å². The lowest BCUT2D eigenvalue weighted by Gasteiger charge is -2.35. The second kappa shape index (κ2) is 11.8. The first-order valence-electron chi connectivity index (χ1n) is 10.6. The number of benzene rings is 1. The van der Waals surface area contributed by atoms with E-state index in [4.69, 9.17) is 11.6 Å². The number of allylic oxidation sites excluding steroid dienone is 3. The fourth-order valence-electron chi connectivity index (χ4n) is 3.99. The van der Waals surface area contributed by atoms with E-state index in [2.05, 4.69) is 49.5 Å². The van der Waals surface area contributed by atoms with Crippen molar-refractivity contribution in [1.29, 1.82) is 0 Å². The molecule has 6 heteroatoms. The standard InChI is InChI=1S/C24H32ClN5/c1-3-4-5-6-24(26-2)23(20-7-9-21(25)10-8-20)11-12-29-13-15-30(16-14-29)18-22-17-27-19-28-22/h3-5,7-10,17,19,23H,1,6,11-16,18H2,2H3,(H,27,28). The van der Waals surface area contributed by atoms with Gasteiger partial charge in [-0.05, 0) is 30.7 Å². The third kappa shape index (κ3) is 6.66. The number of piperazine rings is 1. The van der Waals surface area contributed by atoms with E-state index in [1.54, 1.807) is 6.33 Å². The van der Waals surface area contributed by atoms with Crippen molar-refractivity contribution in [3.63, 3.8) is 0 Å². The Bertz CT molecular complexity index is 818. The number of H-pyrrole nitrogens is 1. The average molecular weight is 426 g/mol. The molecule has 1 saturated heterocycles. The highest BCUT2D eigenvalue weighted by Crippen LogP contribution is 2.26. The van der Waals surface area contributed by atoms with E-state index in [0.29, 0.717) is 5.92 Å². The third-order valence-electron chi connectivity index (χ3n) is 5.71. The van der Waals surface area contributed by atoms with E-state index < -0.39 is 0 Å².